The predicted octanol–water partition coefficient (Wildman–Crippen LogP) is 3.63. The van der Waals surface area contributed by atoms with E-state index in [4.69, 9.17) is 16.3 Å². The summed E-state index contributed by atoms with van der Waals surface area (Å²) < 4.78 is 7.18. The minimum absolute atomic E-state index is 0.155. The summed E-state index contributed by atoms with van der Waals surface area (Å²) in [6.07, 6.45) is 5.12. The number of fused-ring (bicyclic) bond motifs is 1. The number of benzene rings is 1. The third-order valence-electron chi connectivity index (χ3n) is 4.31. The zero-order valence-electron chi connectivity index (χ0n) is 14.9. The summed E-state index contributed by atoms with van der Waals surface area (Å²) in [5.41, 5.74) is 2.66. The molecule has 0 unspecified atom stereocenters. The molecule has 2 aromatic rings. The molecular weight excluding hydrogens is 338 g/mol. The lowest BCUT2D eigenvalue weighted by molar-refractivity contribution is 0.331. The Morgan fingerprint density at radius 2 is 2.04 bits per heavy atom. The Labute approximate surface area is 153 Å². The number of ether oxygens (including phenoxy) is 1. The molecule has 1 aliphatic rings. The Morgan fingerprint density at radius 3 is 2.80 bits per heavy atom. The average Bonchev–Trinajstić information content (AvgIpc) is 3.01. The largest absolute Gasteiger partial charge is 0.492 e. The van der Waals surface area contributed by atoms with E-state index in [0.29, 0.717) is 18.8 Å². The zero-order valence-corrected chi connectivity index (χ0v) is 15.7. The zero-order chi connectivity index (χ0) is 18.0. The monoisotopic (exact) mass is 361 g/mol. The molecule has 0 saturated carbocycles. The topological polar surface area (TPSA) is 56.1 Å². The van der Waals surface area contributed by atoms with Gasteiger partial charge in [-0.25, -0.2) is 4.68 Å². The molecule has 0 radical (unpaired) electrons. The molecule has 1 aromatic carbocycles. The first kappa shape index (κ1) is 17.8. The molecule has 0 aliphatic heterocycles. The van der Waals surface area contributed by atoms with Crippen LogP contribution in [0.2, 0.25) is 5.02 Å². The number of rotatable bonds is 5. The highest BCUT2D eigenvalue weighted by Crippen LogP contribution is 2.26. The lowest BCUT2D eigenvalue weighted by atomic mass is 10.1. The van der Waals surface area contributed by atoms with Crippen LogP contribution < -0.4 is 15.6 Å². The SMILES string of the molecule is CC(C)(C)n1ncc(NCCOc2ccc3c(c2)CCC3)c(Cl)c1=O. The van der Waals surface area contributed by atoms with Gasteiger partial charge in [-0.05, 0) is 63.3 Å². The molecule has 0 atom stereocenters. The summed E-state index contributed by atoms with van der Waals surface area (Å²) >= 11 is 6.19. The van der Waals surface area contributed by atoms with Crippen molar-refractivity contribution in [1.29, 1.82) is 0 Å². The van der Waals surface area contributed by atoms with Crippen molar-refractivity contribution in [2.24, 2.45) is 0 Å². The summed E-state index contributed by atoms with van der Waals surface area (Å²) in [6, 6.07) is 6.29. The van der Waals surface area contributed by atoms with Crippen LogP contribution in [0.5, 0.6) is 5.75 Å². The minimum Gasteiger partial charge on any atom is -0.492 e. The van der Waals surface area contributed by atoms with Crippen molar-refractivity contribution in [3.8, 4) is 5.75 Å². The molecule has 1 aliphatic carbocycles. The fraction of sp³-hybridized carbons (Fsp3) is 0.474. The first-order chi connectivity index (χ1) is 11.9. The smallest absolute Gasteiger partial charge is 0.288 e. The maximum absolute atomic E-state index is 12.3. The standard InChI is InChI=1S/C19H24ClN3O2/c1-19(2,3)23-18(24)17(20)16(12-22-23)21-9-10-25-15-8-7-13-5-4-6-14(13)11-15/h7-8,11-12,21H,4-6,9-10H2,1-3H3. The van der Waals surface area contributed by atoms with Crippen LogP contribution in [-0.2, 0) is 18.4 Å². The first-order valence-corrected chi connectivity index (χ1v) is 9.01. The Hall–Kier alpha value is -2.01. The van der Waals surface area contributed by atoms with Gasteiger partial charge in [0.2, 0.25) is 0 Å². The van der Waals surface area contributed by atoms with Crippen molar-refractivity contribution in [3.63, 3.8) is 0 Å². The fourth-order valence-electron chi connectivity index (χ4n) is 3.03. The lowest BCUT2D eigenvalue weighted by Crippen LogP contribution is -2.36. The molecular formula is C19H24ClN3O2. The number of aromatic nitrogens is 2. The first-order valence-electron chi connectivity index (χ1n) is 8.63. The number of nitrogens with one attached hydrogen (secondary N) is 1. The molecule has 5 nitrogen and oxygen atoms in total. The van der Waals surface area contributed by atoms with Crippen LogP contribution in [0.1, 0.15) is 38.3 Å². The van der Waals surface area contributed by atoms with E-state index >= 15 is 0 Å². The second-order valence-corrected chi connectivity index (χ2v) is 7.70. The van der Waals surface area contributed by atoms with Gasteiger partial charge in [0, 0.05) is 6.54 Å². The summed E-state index contributed by atoms with van der Waals surface area (Å²) in [4.78, 5) is 12.3. The van der Waals surface area contributed by atoms with E-state index in [1.807, 2.05) is 26.8 Å². The Bertz CT molecular complexity index is 824. The van der Waals surface area contributed by atoms with Crippen LogP contribution in [-0.4, -0.2) is 22.9 Å². The van der Waals surface area contributed by atoms with Gasteiger partial charge in [-0.3, -0.25) is 4.79 Å². The van der Waals surface area contributed by atoms with E-state index in [9.17, 15) is 4.79 Å². The number of nitrogens with zero attached hydrogens (tertiary/aromatic N) is 2. The van der Waals surface area contributed by atoms with Gasteiger partial charge >= 0.3 is 0 Å². The number of anilines is 1. The van der Waals surface area contributed by atoms with Crippen molar-refractivity contribution in [1.82, 2.24) is 9.78 Å². The van der Waals surface area contributed by atoms with Gasteiger partial charge < -0.3 is 10.1 Å². The Morgan fingerprint density at radius 1 is 1.28 bits per heavy atom. The third kappa shape index (κ3) is 3.98. The third-order valence-corrected chi connectivity index (χ3v) is 4.68. The van der Waals surface area contributed by atoms with Gasteiger partial charge in [-0.15, -0.1) is 0 Å². The fourth-order valence-corrected chi connectivity index (χ4v) is 3.22. The van der Waals surface area contributed by atoms with E-state index < -0.39 is 5.54 Å². The molecule has 3 rings (SSSR count). The van der Waals surface area contributed by atoms with Gasteiger partial charge in [0.05, 0.1) is 17.4 Å². The van der Waals surface area contributed by atoms with Crippen molar-refractivity contribution in [2.45, 2.75) is 45.6 Å². The molecule has 6 heteroatoms. The molecule has 0 fully saturated rings. The number of hydrogen-bond donors (Lipinski definition) is 1. The highest BCUT2D eigenvalue weighted by atomic mass is 35.5. The van der Waals surface area contributed by atoms with E-state index in [2.05, 4.69) is 22.5 Å². The maximum atomic E-state index is 12.3. The van der Waals surface area contributed by atoms with Crippen LogP contribution in [0.25, 0.3) is 0 Å². The van der Waals surface area contributed by atoms with Gasteiger partial charge in [0.15, 0.2) is 0 Å². The Balaban J connectivity index is 1.57. The van der Waals surface area contributed by atoms with Crippen molar-refractivity contribution in [2.75, 3.05) is 18.5 Å². The molecule has 134 valence electrons. The maximum Gasteiger partial charge on any atom is 0.288 e. The lowest BCUT2D eigenvalue weighted by Gasteiger charge is -2.21. The van der Waals surface area contributed by atoms with Gasteiger partial charge in [0.1, 0.15) is 17.4 Å². The highest BCUT2D eigenvalue weighted by molar-refractivity contribution is 6.32. The van der Waals surface area contributed by atoms with E-state index in [-0.39, 0.29) is 10.6 Å². The molecule has 0 amide bonds. The van der Waals surface area contributed by atoms with E-state index in [1.54, 1.807) is 6.20 Å². The molecule has 1 heterocycles. The minimum atomic E-state index is -0.407. The summed E-state index contributed by atoms with van der Waals surface area (Å²) in [5.74, 6) is 0.884. The van der Waals surface area contributed by atoms with Crippen LogP contribution in [0.15, 0.2) is 29.2 Å². The second-order valence-electron chi connectivity index (χ2n) is 7.32. The normalized spacial score (nSPS) is 13.6. The number of halogens is 1. The summed E-state index contributed by atoms with van der Waals surface area (Å²) in [6.45, 7) is 6.76. The quantitative estimate of drug-likeness (QED) is 0.826. The summed E-state index contributed by atoms with van der Waals surface area (Å²) in [7, 11) is 0. The van der Waals surface area contributed by atoms with Crippen LogP contribution in [0, 0.1) is 0 Å². The summed E-state index contributed by atoms with van der Waals surface area (Å²) in [5, 5.41) is 7.48. The van der Waals surface area contributed by atoms with Crippen molar-refractivity contribution < 1.29 is 4.74 Å². The van der Waals surface area contributed by atoms with Crippen LogP contribution in [0.3, 0.4) is 0 Å². The molecule has 1 N–H and O–H groups in total. The number of aryl methyl sites for hydroxylation is 2. The molecule has 0 bridgehead atoms. The second kappa shape index (κ2) is 7.08. The van der Waals surface area contributed by atoms with Crippen molar-refractivity contribution >= 4 is 17.3 Å². The van der Waals surface area contributed by atoms with E-state index in [0.717, 1.165) is 12.2 Å². The molecule has 1 aromatic heterocycles. The van der Waals surface area contributed by atoms with Gasteiger partial charge in [0.25, 0.3) is 5.56 Å². The average molecular weight is 362 g/mol. The number of hydrogen-bond acceptors (Lipinski definition) is 4. The van der Waals surface area contributed by atoms with Crippen molar-refractivity contribution in [3.05, 3.63) is 50.9 Å². The Kier molecular flexibility index (Phi) is 5.04. The highest BCUT2D eigenvalue weighted by Gasteiger charge is 2.19. The van der Waals surface area contributed by atoms with Crippen LogP contribution in [0.4, 0.5) is 5.69 Å². The van der Waals surface area contributed by atoms with Gasteiger partial charge in [-0.2, -0.15) is 5.10 Å². The molecule has 25 heavy (non-hydrogen) atoms. The molecule has 0 spiro atoms. The predicted molar refractivity (Wildman–Crippen MR) is 101 cm³/mol. The van der Waals surface area contributed by atoms with E-state index in [1.165, 1.54) is 28.7 Å². The van der Waals surface area contributed by atoms with Crippen LogP contribution >= 0.6 is 11.6 Å². The molecule has 0 saturated heterocycles. The van der Waals surface area contributed by atoms with Gasteiger partial charge in [-0.1, -0.05) is 17.7 Å².